The SMILES string of the molecule is CCCc1nn(C)c(Oc2ccc(F)cc2Br)c1N. The van der Waals surface area contributed by atoms with E-state index in [4.69, 9.17) is 10.5 Å². The van der Waals surface area contributed by atoms with Crippen LogP contribution in [0.2, 0.25) is 0 Å². The van der Waals surface area contributed by atoms with Crippen molar-refractivity contribution in [2.75, 3.05) is 5.73 Å². The van der Waals surface area contributed by atoms with Crippen LogP contribution >= 0.6 is 15.9 Å². The normalized spacial score (nSPS) is 10.7. The van der Waals surface area contributed by atoms with Crippen LogP contribution < -0.4 is 10.5 Å². The lowest BCUT2D eigenvalue weighted by Gasteiger charge is -2.08. The topological polar surface area (TPSA) is 53.1 Å². The summed E-state index contributed by atoms with van der Waals surface area (Å²) in [5, 5.41) is 4.32. The summed E-state index contributed by atoms with van der Waals surface area (Å²) in [5.74, 6) is 0.638. The average Bonchev–Trinajstić information content (AvgIpc) is 2.60. The van der Waals surface area contributed by atoms with Crippen molar-refractivity contribution in [2.24, 2.45) is 7.05 Å². The van der Waals surface area contributed by atoms with E-state index < -0.39 is 0 Å². The summed E-state index contributed by atoms with van der Waals surface area (Å²) in [6.45, 7) is 2.06. The van der Waals surface area contributed by atoms with Gasteiger partial charge in [0.05, 0.1) is 10.2 Å². The lowest BCUT2D eigenvalue weighted by molar-refractivity contribution is 0.429. The van der Waals surface area contributed by atoms with Crippen LogP contribution in [-0.4, -0.2) is 9.78 Å². The fraction of sp³-hybridized carbons (Fsp3) is 0.308. The highest BCUT2D eigenvalue weighted by atomic mass is 79.9. The van der Waals surface area contributed by atoms with E-state index in [1.807, 2.05) is 0 Å². The highest BCUT2D eigenvalue weighted by molar-refractivity contribution is 9.10. The monoisotopic (exact) mass is 327 g/mol. The largest absolute Gasteiger partial charge is 0.436 e. The average molecular weight is 328 g/mol. The Hall–Kier alpha value is -1.56. The van der Waals surface area contributed by atoms with Crippen LogP contribution in [0.4, 0.5) is 10.1 Å². The number of nitrogens with two attached hydrogens (primary N) is 1. The van der Waals surface area contributed by atoms with Gasteiger partial charge in [0, 0.05) is 7.05 Å². The zero-order valence-corrected chi connectivity index (χ0v) is 12.4. The quantitative estimate of drug-likeness (QED) is 0.932. The van der Waals surface area contributed by atoms with Crippen molar-refractivity contribution in [3.05, 3.63) is 34.2 Å². The van der Waals surface area contributed by atoms with Crippen LogP contribution in [0.3, 0.4) is 0 Å². The molecule has 2 aromatic rings. The van der Waals surface area contributed by atoms with E-state index in [-0.39, 0.29) is 5.82 Å². The van der Waals surface area contributed by atoms with Gasteiger partial charge in [-0.25, -0.2) is 9.07 Å². The zero-order chi connectivity index (χ0) is 14.0. The van der Waals surface area contributed by atoms with E-state index in [0.29, 0.717) is 21.8 Å². The molecular weight excluding hydrogens is 313 g/mol. The van der Waals surface area contributed by atoms with Gasteiger partial charge in [-0.15, -0.1) is 0 Å². The second-order valence-electron chi connectivity index (χ2n) is 4.22. The number of anilines is 1. The van der Waals surface area contributed by atoms with Gasteiger partial charge < -0.3 is 10.5 Å². The molecule has 0 spiro atoms. The molecule has 19 heavy (non-hydrogen) atoms. The summed E-state index contributed by atoms with van der Waals surface area (Å²) in [5.41, 5.74) is 7.37. The maximum absolute atomic E-state index is 13.0. The first-order valence-corrected chi connectivity index (χ1v) is 6.76. The Bertz CT molecular complexity index is 598. The van der Waals surface area contributed by atoms with Crippen molar-refractivity contribution < 1.29 is 9.13 Å². The van der Waals surface area contributed by atoms with E-state index >= 15 is 0 Å². The van der Waals surface area contributed by atoms with E-state index in [2.05, 4.69) is 28.0 Å². The number of aromatic nitrogens is 2. The number of nitrogens with zero attached hydrogens (tertiary/aromatic N) is 2. The number of halogens is 2. The van der Waals surface area contributed by atoms with E-state index in [1.165, 1.54) is 12.1 Å². The Morgan fingerprint density at radius 3 is 2.84 bits per heavy atom. The summed E-state index contributed by atoms with van der Waals surface area (Å²) in [7, 11) is 1.77. The Labute approximate surface area is 119 Å². The maximum Gasteiger partial charge on any atom is 0.241 e. The molecule has 1 heterocycles. The molecule has 4 nitrogen and oxygen atoms in total. The lowest BCUT2D eigenvalue weighted by atomic mass is 10.2. The van der Waals surface area contributed by atoms with Crippen LogP contribution in [0.5, 0.6) is 11.6 Å². The molecule has 0 saturated heterocycles. The molecule has 1 aromatic carbocycles. The number of nitrogen functional groups attached to an aromatic ring is 1. The molecule has 0 aliphatic carbocycles. The molecule has 102 valence electrons. The van der Waals surface area contributed by atoms with Crippen molar-refractivity contribution in [3.63, 3.8) is 0 Å². The molecule has 0 atom stereocenters. The van der Waals surface area contributed by atoms with Gasteiger partial charge >= 0.3 is 0 Å². The van der Waals surface area contributed by atoms with Gasteiger partial charge in [-0.3, -0.25) is 0 Å². The predicted molar refractivity (Wildman–Crippen MR) is 75.8 cm³/mol. The third-order valence-corrected chi connectivity index (χ3v) is 3.31. The molecule has 0 radical (unpaired) electrons. The standard InChI is InChI=1S/C13H15BrFN3O/c1-3-4-10-12(16)13(18(2)17-10)19-11-6-5-8(15)7-9(11)14/h5-7H,3-4,16H2,1-2H3. The van der Waals surface area contributed by atoms with Crippen molar-refractivity contribution in [2.45, 2.75) is 19.8 Å². The molecule has 2 rings (SSSR count). The molecule has 0 fully saturated rings. The Balaban J connectivity index is 2.33. The smallest absolute Gasteiger partial charge is 0.241 e. The van der Waals surface area contributed by atoms with Crippen LogP contribution in [0.25, 0.3) is 0 Å². The number of benzene rings is 1. The minimum absolute atomic E-state index is 0.330. The maximum atomic E-state index is 13.0. The van der Waals surface area contributed by atoms with Gasteiger partial charge in [-0.05, 0) is 40.5 Å². The van der Waals surface area contributed by atoms with Crippen LogP contribution in [0, 0.1) is 5.82 Å². The molecule has 0 aliphatic heterocycles. The van der Waals surface area contributed by atoms with Gasteiger partial charge in [0.1, 0.15) is 17.3 Å². The highest BCUT2D eigenvalue weighted by Gasteiger charge is 2.16. The van der Waals surface area contributed by atoms with Crippen molar-refractivity contribution in [1.82, 2.24) is 9.78 Å². The first-order valence-electron chi connectivity index (χ1n) is 5.97. The number of hydrogen-bond acceptors (Lipinski definition) is 3. The van der Waals surface area contributed by atoms with Gasteiger partial charge in [0.25, 0.3) is 0 Å². The molecule has 2 N–H and O–H groups in total. The molecule has 1 aromatic heterocycles. The molecule has 0 saturated carbocycles. The number of hydrogen-bond donors (Lipinski definition) is 1. The summed E-state index contributed by atoms with van der Waals surface area (Å²) in [4.78, 5) is 0. The van der Waals surface area contributed by atoms with E-state index in [9.17, 15) is 4.39 Å². The fourth-order valence-electron chi connectivity index (χ4n) is 1.78. The number of rotatable bonds is 4. The van der Waals surface area contributed by atoms with E-state index in [0.717, 1.165) is 18.5 Å². The summed E-state index contributed by atoms with van der Waals surface area (Å²) in [6, 6.07) is 4.22. The second-order valence-corrected chi connectivity index (χ2v) is 5.07. The van der Waals surface area contributed by atoms with Gasteiger partial charge in [0.15, 0.2) is 0 Å². The first-order chi connectivity index (χ1) is 9.02. The predicted octanol–water partition coefficient (Wildman–Crippen LogP) is 3.65. The van der Waals surface area contributed by atoms with Gasteiger partial charge in [-0.2, -0.15) is 5.10 Å². The molecule has 0 amide bonds. The Morgan fingerprint density at radius 2 is 2.21 bits per heavy atom. The molecular formula is C13H15BrFN3O. The molecule has 0 bridgehead atoms. The fourth-order valence-corrected chi connectivity index (χ4v) is 2.21. The van der Waals surface area contributed by atoms with Crippen molar-refractivity contribution in [1.29, 1.82) is 0 Å². The third-order valence-electron chi connectivity index (χ3n) is 2.69. The zero-order valence-electron chi connectivity index (χ0n) is 10.8. The van der Waals surface area contributed by atoms with Gasteiger partial charge in [-0.1, -0.05) is 13.3 Å². The molecule has 6 heteroatoms. The highest BCUT2D eigenvalue weighted by Crippen LogP contribution is 2.34. The Morgan fingerprint density at radius 1 is 1.47 bits per heavy atom. The third kappa shape index (κ3) is 2.89. The first kappa shape index (κ1) is 13.9. The van der Waals surface area contributed by atoms with Gasteiger partial charge in [0.2, 0.25) is 5.88 Å². The number of aryl methyl sites for hydroxylation is 2. The minimum atomic E-state index is -0.330. The number of ether oxygens (including phenoxy) is 1. The minimum Gasteiger partial charge on any atom is -0.436 e. The summed E-state index contributed by atoms with van der Waals surface area (Å²) < 4.78 is 20.9. The van der Waals surface area contributed by atoms with E-state index in [1.54, 1.807) is 17.8 Å². The second kappa shape index (κ2) is 5.61. The van der Waals surface area contributed by atoms with Crippen molar-refractivity contribution >= 4 is 21.6 Å². The van der Waals surface area contributed by atoms with Crippen LogP contribution in [0.15, 0.2) is 22.7 Å². The molecule has 0 aliphatic rings. The summed E-state index contributed by atoms with van der Waals surface area (Å²) in [6.07, 6.45) is 1.76. The lowest BCUT2D eigenvalue weighted by Crippen LogP contribution is -1.97. The Kier molecular flexibility index (Phi) is 4.09. The van der Waals surface area contributed by atoms with Crippen LogP contribution in [-0.2, 0) is 13.5 Å². The van der Waals surface area contributed by atoms with Crippen LogP contribution in [0.1, 0.15) is 19.0 Å². The molecule has 0 unspecified atom stereocenters. The van der Waals surface area contributed by atoms with Crippen molar-refractivity contribution in [3.8, 4) is 11.6 Å². The summed E-state index contributed by atoms with van der Waals surface area (Å²) >= 11 is 3.26.